The van der Waals surface area contributed by atoms with Crippen molar-refractivity contribution in [3.05, 3.63) is 0 Å². The maximum atomic E-state index is 5.55. The number of piperidine rings is 1. The van der Waals surface area contributed by atoms with Crippen LogP contribution in [0.3, 0.4) is 0 Å². The maximum absolute atomic E-state index is 5.55. The molecule has 0 radical (unpaired) electrons. The lowest BCUT2D eigenvalue weighted by Gasteiger charge is -2.39. The van der Waals surface area contributed by atoms with Gasteiger partial charge < -0.3 is 10.1 Å². The summed E-state index contributed by atoms with van der Waals surface area (Å²) in [6.45, 7) is 9.88. The highest BCUT2D eigenvalue weighted by molar-refractivity contribution is 4.87. The molecule has 3 nitrogen and oxygen atoms in total. The topological polar surface area (TPSA) is 24.5 Å². The van der Waals surface area contributed by atoms with Crippen LogP contribution < -0.4 is 5.32 Å². The SMILES string of the molecule is CCOCC(C)N1CCCC(C2CCCN2)C1. The molecule has 0 spiro atoms. The van der Waals surface area contributed by atoms with Gasteiger partial charge in [-0.05, 0) is 58.5 Å². The van der Waals surface area contributed by atoms with Crippen LogP contribution in [-0.4, -0.2) is 49.8 Å². The molecular formula is C14H28N2O. The first kappa shape index (κ1) is 13.3. The minimum absolute atomic E-state index is 0.583. The van der Waals surface area contributed by atoms with E-state index in [0.29, 0.717) is 6.04 Å². The monoisotopic (exact) mass is 240 g/mol. The van der Waals surface area contributed by atoms with Gasteiger partial charge in [0.25, 0.3) is 0 Å². The van der Waals surface area contributed by atoms with Gasteiger partial charge in [-0.25, -0.2) is 0 Å². The summed E-state index contributed by atoms with van der Waals surface area (Å²) in [5, 5.41) is 3.67. The van der Waals surface area contributed by atoms with Crippen LogP contribution in [0.25, 0.3) is 0 Å². The molecule has 0 aromatic rings. The second-order valence-electron chi connectivity index (χ2n) is 5.61. The van der Waals surface area contributed by atoms with E-state index >= 15 is 0 Å². The molecule has 3 atom stereocenters. The zero-order valence-corrected chi connectivity index (χ0v) is 11.5. The van der Waals surface area contributed by atoms with Crippen molar-refractivity contribution in [2.75, 3.05) is 32.8 Å². The fourth-order valence-corrected chi connectivity index (χ4v) is 3.28. The molecule has 2 aliphatic rings. The molecule has 17 heavy (non-hydrogen) atoms. The van der Waals surface area contributed by atoms with Crippen LogP contribution in [0.2, 0.25) is 0 Å². The Hall–Kier alpha value is -0.120. The average molecular weight is 240 g/mol. The van der Waals surface area contributed by atoms with Gasteiger partial charge in [0.1, 0.15) is 0 Å². The van der Waals surface area contributed by atoms with Gasteiger partial charge in [-0.3, -0.25) is 4.90 Å². The Labute approximate surface area is 106 Å². The van der Waals surface area contributed by atoms with Gasteiger partial charge in [-0.1, -0.05) is 0 Å². The molecule has 3 heteroatoms. The molecule has 1 N–H and O–H groups in total. The predicted molar refractivity (Wildman–Crippen MR) is 71.3 cm³/mol. The van der Waals surface area contributed by atoms with Gasteiger partial charge in [0.2, 0.25) is 0 Å². The van der Waals surface area contributed by atoms with E-state index in [4.69, 9.17) is 4.74 Å². The van der Waals surface area contributed by atoms with Crippen LogP contribution in [0.15, 0.2) is 0 Å². The molecule has 3 unspecified atom stereocenters. The lowest BCUT2D eigenvalue weighted by molar-refractivity contribution is 0.0451. The first-order valence-electron chi connectivity index (χ1n) is 7.36. The molecule has 0 aliphatic carbocycles. The van der Waals surface area contributed by atoms with Crippen molar-refractivity contribution in [1.82, 2.24) is 10.2 Å². The van der Waals surface area contributed by atoms with Gasteiger partial charge >= 0.3 is 0 Å². The number of ether oxygens (including phenoxy) is 1. The average Bonchev–Trinajstić information content (AvgIpc) is 2.90. The molecule has 2 saturated heterocycles. The smallest absolute Gasteiger partial charge is 0.0618 e. The van der Waals surface area contributed by atoms with Gasteiger partial charge in [-0.15, -0.1) is 0 Å². The Morgan fingerprint density at radius 1 is 1.35 bits per heavy atom. The Bertz CT molecular complexity index is 216. The lowest BCUT2D eigenvalue weighted by atomic mass is 9.89. The second-order valence-corrected chi connectivity index (χ2v) is 5.61. The third kappa shape index (κ3) is 3.67. The van der Waals surface area contributed by atoms with Crippen molar-refractivity contribution < 1.29 is 4.74 Å². The fourth-order valence-electron chi connectivity index (χ4n) is 3.28. The maximum Gasteiger partial charge on any atom is 0.0618 e. The summed E-state index contributed by atoms with van der Waals surface area (Å²) in [4.78, 5) is 2.63. The van der Waals surface area contributed by atoms with Crippen molar-refractivity contribution >= 4 is 0 Å². The largest absolute Gasteiger partial charge is 0.380 e. The van der Waals surface area contributed by atoms with E-state index < -0.39 is 0 Å². The summed E-state index contributed by atoms with van der Waals surface area (Å²) in [6.07, 6.45) is 5.53. The third-order valence-corrected chi connectivity index (χ3v) is 4.34. The molecule has 0 saturated carbocycles. The van der Waals surface area contributed by atoms with Crippen molar-refractivity contribution in [3.8, 4) is 0 Å². The van der Waals surface area contributed by atoms with Crippen LogP contribution in [0.5, 0.6) is 0 Å². The van der Waals surface area contributed by atoms with E-state index in [1.807, 2.05) is 0 Å². The van der Waals surface area contributed by atoms with E-state index in [1.165, 1.54) is 45.3 Å². The molecule has 100 valence electrons. The van der Waals surface area contributed by atoms with Gasteiger partial charge in [0.15, 0.2) is 0 Å². The van der Waals surface area contributed by atoms with Crippen LogP contribution in [-0.2, 0) is 4.74 Å². The molecule has 2 rings (SSSR count). The normalized spacial score (nSPS) is 32.8. The summed E-state index contributed by atoms with van der Waals surface area (Å²) >= 11 is 0. The first-order valence-corrected chi connectivity index (χ1v) is 7.36. The predicted octanol–water partition coefficient (Wildman–Crippen LogP) is 1.88. The summed E-state index contributed by atoms with van der Waals surface area (Å²) in [6, 6.07) is 1.37. The molecule has 2 fully saturated rings. The first-order chi connectivity index (χ1) is 8.31. The van der Waals surface area contributed by atoms with Gasteiger partial charge in [-0.2, -0.15) is 0 Å². The number of rotatable bonds is 5. The van der Waals surface area contributed by atoms with E-state index in [0.717, 1.165) is 25.2 Å². The number of nitrogens with one attached hydrogen (secondary N) is 1. The Morgan fingerprint density at radius 2 is 2.24 bits per heavy atom. The fraction of sp³-hybridized carbons (Fsp3) is 1.00. The molecule has 2 aliphatic heterocycles. The van der Waals surface area contributed by atoms with Crippen molar-refractivity contribution in [2.45, 2.75) is 51.6 Å². The summed E-state index contributed by atoms with van der Waals surface area (Å²) in [5.41, 5.74) is 0. The molecule has 0 amide bonds. The third-order valence-electron chi connectivity index (χ3n) is 4.34. The number of likely N-dealkylation sites (tertiary alicyclic amines) is 1. The molecule has 2 heterocycles. The second kappa shape index (κ2) is 6.72. The number of hydrogen-bond donors (Lipinski definition) is 1. The van der Waals surface area contributed by atoms with E-state index in [-0.39, 0.29) is 0 Å². The van der Waals surface area contributed by atoms with Crippen LogP contribution in [0.4, 0.5) is 0 Å². The summed E-state index contributed by atoms with van der Waals surface area (Å²) < 4.78 is 5.55. The molecule has 0 aromatic carbocycles. The van der Waals surface area contributed by atoms with E-state index in [1.54, 1.807) is 0 Å². The van der Waals surface area contributed by atoms with Crippen molar-refractivity contribution in [3.63, 3.8) is 0 Å². The van der Waals surface area contributed by atoms with E-state index in [9.17, 15) is 0 Å². The molecule has 0 bridgehead atoms. The standard InChI is InChI=1S/C14H28N2O/c1-3-17-11-12(2)16-9-5-6-13(10-16)14-7-4-8-15-14/h12-15H,3-11H2,1-2H3. The summed E-state index contributed by atoms with van der Waals surface area (Å²) in [7, 11) is 0. The van der Waals surface area contributed by atoms with Crippen molar-refractivity contribution in [2.24, 2.45) is 5.92 Å². The number of hydrogen-bond acceptors (Lipinski definition) is 3. The molecule has 0 aromatic heterocycles. The Morgan fingerprint density at radius 3 is 2.94 bits per heavy atom. The summed E-state index contributed by atoms with van der Waals surface area (Å²) in [5.74, 6) is 0.871. The minimum atomic E-state index is 0.583. The minimum Gasteiger partial charge on any atom is -0.380 e. The van der Waals surface area contributed by atoms with E-state index in [2.05, 4.69) is 24.1 Å². The molecular weight excluding hydrogens is 212 g/mol. The highest BCUT2D eigenvalue weighted by atomic mass is 16.5. The van der Waals surface area contributed by atoms with Crippen LogP contribution in [0.1, 0.15) is 39.5 Å². The lowest BCUT2D eigenvalue weighted by Crippen LogP contribution is -2.48. The zero-order chi connectivity index (χ0) is 12.1. The highest BCUT2D eigenvalue weighted by Gasteiger charge is 2.30. The van der Waals surface area contributed by atoms with Crippen molar-refractivity contribution in [1.29, 1.82) is 0 Å². The Balaban J connectivity index is 1.79. The van der Waals surface area contributed by atoms with Crippen LogP contribution >= 0.6 is 0 Å². The Kier molecular flexibility index (Phi) is 5.26. The zero-order valence-electron chi connectivity index (χ0n) is 11.5. The number of nitrogens with zero attached hydrogens (tertiary/aromatic N) is 1. The highest BCUT2D eigenvalue weighted by Crippen LogP contribution is 2.25. The van der Waals surface area contributed by atoms with Crippen LogP contribution in [0, 0.1) is 5.92 Å². The quantitative estimate of drug-likeness (QED) is 0.794. The van der Waals surface area contributed by atoms with Gasteiger partial charge in [0.05, 0.1) is 6.61 Å². The van der Waals surface area contributed by atoms with Gasteiger partial charge in [0, 0.05) is 25.2 Å².